The van der Waals surface area contributed by atoms with Crippen molar-refractivity contribution in [3.8, 4) is 5.75 Å². The van der Waals surface area contributed by atoms with Crippen molar-refractivity contribution in [3.63, 3.8) is 0 Å². The molecule has 0 aliphatic rings. The molecule has 0 aromatic heterocycles. The van der Waals surface area contributed by atoms with Gasteiger partial charge in [0.05, 0.1) is 6.04 Å². The molecule has 1 rings (SSSR count). The van der Waals surface area contributed by atoms with Gasteiger partial charge in [-0.1, -0.05) is 26.0 Å². The maximum absolute atomic E-state index is 13.3. The van der Waals surface area contributed by atoms with Crippen LogP contribution in [0, 0.1) is 5.92 Å². The van der Waals surface area contributed by atoms with E-state index in [1.165, 1.54) is 12.1 Å². The van der Waals surface area contributed by atoms with Crippen molar-refractivity contribution in [2.45, 2.75) is 83.0 Å². The fraction of sp³-hybridized carbons (Fsp3) is 0.577. The number of amides is 4. The van der Waals surface area contributed by atoms with Crippen LogP contribution in [-0.4, -0.2) is 70.5 Å². The van der Waals surface area contributed by atoms with Crippen LogP contribution in [0.4, 0.5) is 0 Å². The first-order valence-corrected chi connectivity index (χ1v) is 13.0. The van der Waals surface area contributed by atoms with E-state index in [9.17, 15) is 34.2 Å². The van der Waals surface area contributed by atoms with Gasteiger partial charge in [0, 0.05) is 12.8 Å². The van der Waals surface area contributed by atoms with Gasteiger partial charge in [-0.05, 0) is 62.3 Å². The second-order valence-corrected chi connectivity index (χ2v) is 9.92. The summed E-state index contributed by atoms with van der Waals surface area (Å²) in [7, 11) is 0. The monoisotopic (exact) mass is 550 g/mol. The molecule has 13 heteroatoms. The fourth-order valence-corrected chi connectivity index (χ4v) is 3.82. The van der Waals surface area contributed by atoms with Gasteiger partial charge >= 0.3 is 5.97 Å². The molecular formula is C26H42N6O7. The van der Waals surface area contributed by atoms with Gasteiger partial charge in [0.2, 0.25) is 23.6 Å². The molecule has 0 aliphatic heterocycles. The van der Waals surface area contributed by atoms with Crippen molar-refractivity contribution in [1.82, 2.24) is 16.0 Å². The summed E-state index contributed by atoms with van der Waals surface area (Å²) < 4.78 is 0. The van der Waals surface area contributed by atoms with Crippen LogP contribution in [0.2, 0.25) is 0 Å². The lowest BCUT2D eigenvalue weighted by Gasteiger charge is -2.25. The molecule has 0 heterocycles. The summed E-state index contributed by atoms with van der Waals surface area (Å²) in [5, 5.41) is 26.6. The maximum Gasteiger partial charge on any atom is 0.326 e. The number of carbonyl (C=O) groups is 5. The van der Waals surface area contributed by atoms with Gasteiger partial charge in [-0.15, -0.1) is 0 Å². The average Bonchev–Trinajstić information content (AvgIpc) is 2.85. The largest absolute Gasteiger partial charge is 0.508 e. The van der Waals surface area contributed by atoms with Crippen LogP contribution in [0.3, 0.4) is 0 Å². The predicted molar refractivity (Wildman–Crippen MR) is 144 cm³/mol. The van der Waals surface area contributed by atoms with Crippen LogP contribution in [0.15, 0.2) is 24.3 Å². The quantitative estimate of drug-likeness (QED) is 0.107. The number of carbonyl (C=O) groups excluding carboxylic acids is 4. The van der Waals surface area contributed by atoms with Gasteiger partial charge in [0.1, 0.15) is 23.9 Å². The van der Waals surface area contributed by atoms with E-state index in [0.29, 0.717) is 31.4 Å². The zero-order chi connectivity index (χ0) is 29.5. The number of primary amides is 1. The number of nitrogens with two attached hydrogens (primary N) is 3. The van der Waals surface area contributed by atoms with Crippen LogP contribution in [0.5, 0.6) is 5.75 Å². The van der Waals surface area contributed by atoms with Crippen LogP contribution < -0.4 is 33.2 Å². The van der Waals surface area contributed by atoms with Crippen molar-refractivity contribution < 1.29 is 34.2 Å². The van der Waals surface area contributed by atoms with Crippen molar-refractivity contribution in [2.75, 3.05) is 6.54 Å². The van der Waals surface area contributed by atoms with E-state index >= 15 is 0 Å². The Morgan fingerprint density at radius 2 is 1.41 bits per heavy atom. The van der Waals surface area contributed by atoms with Gasteiger partial charge in [-0.2, -0.15) is 0 Å². The Morgan fingerprint density at radius 3 is 1.95 bits per heavy atom. The SMILES string of the molecule is CC(C)CC(N)C(=O)NC(Cc1ccc(O)cc1)C(=O)NC(CCC(N)=O)C(=O)NC(CCCCN)C(=O)O. The number of benzene rings is 1. The minimum Gasteiger partial charge on any atom is -0.508 e. The standard InChI is InChI=1S/C26H42N6O7/c1-15(2)13-18(28)23(35)32-21(14-16-6-8-17(33)9-7-16)25(37)30-19(10-11-22(29)34)24(36)31-20(26(38)39)5-3-4-12-27/h6-9,15,18-21,33H,3-5,10-14,27-28H2,1-2H3,(H2,29,34)(H,30,37)(H,31,36)(H,32,35)(H,38,39). The topological polar surface area (TPSA) is 240 Å². The smallest absolute Gasteiger partial charge is 0.326 e. The molecule has 4 amide bonds. The summed E-state index contributed by atoms with van der Waals surface area (Å²) in [6.45, 7) is 4.17. The Bertz CT molecular complexity index is 970. The van der Waals surface area contributed by atoms with E-state index in [2.05, 4.69) is 16.0 Å². The normalized spacial score (nSPS) is 14.1. The molecule has 1 aromatic rings. The van der Waals surface area contributed by atoms with E-state index in [0.717, 1.165) is 0 Å². The molecule has 0 bridgehead atoms. The molecule has 0 saturated carbocycles. The van der Waals surface area contributed by atoms with E-state index in [-0.39, 0.29) is 37.4 Å². The number of carboxylic acids is 1. The van der Waals surface area contributed by atoms with Gasteiger partial charge < -0.3 is 43.4 Å². The van der Waals surface area contributed by atoms with Gasteiger partial charge in [-0.3, -0.25) is 19.2 Å². The molecule has 0 fully saturated rings. The zero-order valence-corrected chi connectivity index (χ0v) is 22.5. The summed E-state index contributed by atoms with van der Waals surface area (Å²) in [6.07, 6.45) is 1.11. The Balaban J connectivity index is 3.14. The van der Waals surface area contributed by atoms with Crippen molar-refractivity contribution >= 4 is 29.6 Å². The summed E-state index contributed by atoms with van der Waals surface area (Å²) in [6, 6.07) is 1.44. The Morgan fingerprint density at radius 1 is 0.846 bits per heavy atom. The highest BCUT2D eigenvalue weighted by atomic mass is 16.4. The van der Waals surface area contributed by atoms with E-state index < -0.39 is 53.8 Å². The highest BCUT2D eigenvalue weighted by Gasteiger charge is 2.30. The number of phenolic OH excluding ortho intramolecular Hbond substituents is 1. The van der Waals surface area contributed by atoms with Crippen molar-refractivity contribution in [2.24, 2.45) is 23.1 Å². The first-order valence-electron chi connectivity index (χ1n) is 13.0. The molecular weight excluding hydrogens is 508 g/mol. The molecule has 4 atom stereocenters. The third kappa shape index (κ3) is 13.1. The molecule has 1 aromatic carbocycles. The Hall–Kier alpha value is -3.71. The number of hydrogen-bond donors (Lipinski definition) is 8. The van der Waals surface area contributed by atoms with Gasteiger partial charge in [0.25, 0.3) is 0 Å². The summed E-state index contributed by atoms with van der Waals surface area (Å²) in [5.41, 5.74) is 17.3. The van der Waals surface area contributed by atoms with E-state index in [1.54, 1.807) is 12.1 Å². The van der Waals surface area contributed by atoms with Gasteiger partial charge in [0.15, 0.2) is 0 Å². The molecule has 0 aliphatic carbocycles. The van der Waals surface area contributed by atoms with Crippen LogP contribution in [-0.2, 0) is 30.4 Å². The van der Waals surface area contributed by atoms with E-state index in [1.807, 2.05) is 13.8 Å². The summed E-state index contributed by atoms with van der Waals surface area (Å²) in [4.78, 5) is 62.2. The molecule has 218 valence electrons. The number of carboxylic acid groups (broad SMARTS) is 1. The molecule has 0 spiro atoms. The molecule has 39 heavy (non-hydrogen) atoms. The van der Waals surface area contributed by atoms with Crippen LogP contribution >= 0.6 is 0 Å². The second kappa shape index (κ2) is 17.0. The number of phenols is 1. The first-order chi connectivity index (χ1) is 18.3. The Labute approximate surface area is 228 Å². The van der Waals surface area contributed by atoms with Crippen LogP contribution in [0.1, 0.15) is 57.9 Å². The lowest BCUT2D eigenvalue weighted by Crippen LogP contribution is -2.57. The summed E-state index contributed by atoms with van der Waals surface area (Å²) >= 11 is 0. The maximum atomic E-state index is 13.3. The zero-order valence-electron chi connectivity index (χ0n) is 22.5. The van der Waals surface area contributed by atoms with E-state index in [4.69, 9.17) is 17.2 Å². The predicted octanol–water partition coefficient (Wildman–Crippen LogP) is -0.758. The molecule has 11 N–H and O–H groups in total. The number of unbranched alkanes of at least 4 members (excludes halogenated alkanes) is 1. The number of hydrogen-bond acceptors (Lipinski definition) is 8. The second-order valence-electron chi connectivity index (χ2n) is 9.92. The lowest BCUT2D eigenvalue weighted by molar-refractivity contribution is -0.142. The fourth-order valence-electron chi connectivity index (χ4n) is 3.82. The number of aliphatic carboxylic acids is 1. The van der Waals surface area contributed by atoms with Crippen molar-refractivity contribution in [1.29, 1.82) is 0 Å². The highest BCUT2D eigenvalue weighted by Crippen LogP contribution is 2.13. The number of aromatic hydroxyl groups is 1. The van der Waals surface area contributed by atoms with Gasteiger partial charge in [-0.25, -0.2) is 4.79 Å². The minimum atomic E-state index is -1.30. The first kappa shape index (κ1) is 33.3. The summed E-state index contributed by atoms with van der Waals surface area (Å²) in [5.74, 6) is -3.94. The molecule has 4 unspecified atom stereocenters. The highest BCUT2D eigenvalue weighted by molar-refractivity contribution is 5.94. The Kier molecular flexibility index (Phi) is 14.5. The van der Waals surface area contributed by atoms with Crippen molar-refractivity contribution in [3.05, 3.63) is 29.8 Å². The molecule has 13 nitrogen and oxygen atoms in total. The van der Waals surface area contributed by atoms with Crippen LogP contribution in [0.25, 0.3) is 0 Å². The average molecular weight is 551 g/mol. The third-order valence-corrected chi connectivity index (χ3v) is 5.95. The number of rotatable bonds is 18. The third-order valence-electron chi connectivity index (χ3n) is 5.95. The number of nitrogens with one attached hydrogen (secondary N) is 3. The lowest BCUT2D eigenvalue weighted by atomic mass is 10.0. The minimum absolute atomic E-state index is 0.00719. The molecule has 0 radical (unpaired) electrons. The molecule has 0 saturated heterocycles.